The number of hydrogen-bond acceptors (Lipinski definition) is 3. The van der Waals surface area contributed by atoms with E-state index in [1.54, 1.807) is 11.8 Å². The molecule has 2 aromatic rings. The molecule has 2 rings (SSSR count). The maximum absolute atomic E-state index is 4.34. The Bertz CT molecular complexity index is 534. The molecule has 0 fully saturated rings. The molecule has 0 aliphatic carbocycles. The predicted octanol–water partition coefficient (Wildman–Crippen LogP) is 3.38. The highest BCUT2D eigenvalue weighted by Crippen LogP contribution is 2.27. The molecule has 102 valence electrons. The molecule has 0 spiro atoms. The summed E-state index contributed by atoms with van der Waals surface area (Å²) in [5.74, 6) is 0. The summed E-state index contributed by atoms with van der Waals surface area (Å²) in [6, 6.07) is 6.63. The van der Waals surface area contributed by atoms with Gasteiger partial charge in [0.05, 0.1) is 0 Å². The highest BCUT2D eigenvalue weighted by Gasteiger charge is 2.04. The summed E-state index contributed by atoms with van der Waals surface area (Å²) in [4.78, 5) is 5.58. The van der Waals surface area contributed by atoms with Crippen LogP contribution in [0.1, 0.15) is 24.5 Å². The number of rotatable bonds is 6. The van der Waals surface area contributed by atoms with Crippen molar-refractivity contribution in [1.82, 2.24) is 14.9 Å². The molecule has 0 saturated carbocycles. The lowest BCUT2D eigenvalue weighted by Gasteiger charge is -2.09. The fourth-order valence-corrected chi connectivity index (χ4v) is 2.79. The molecule has 3 nitrogen and oxygen atoms in total. The zero-order chi connectivity index (χ0) is 13.7. The van der Waals surface area contributed by atoms with Crippen molar-refractivity contribution in [1.29, 1.82) is 0 Å². The molecule has 0 aliphatic rings. The topological polar surface area (TPSA) is 29.9 Å². The molecule has 1 heterocycles. The molecule has 1 N–H and O–H groups in total. The van der Waals surface area contributed by atoms with Crippen molar-refractivity contribution in [2.75, 3.05) is 6.54 Å². The van der Waals surface area contributed by atoms with E-state index in [1.807, 2.05) is 24.0 Å². The van der Waals surface area contributed by atoms with Gasteiger partial charge in [-0.05, 0) is 43.1 Å². The summed E-state index contributed by atoms with van der Waals surface area (Å²) in [6.07, 6.45) is 4.97. The van der Waals surface area contributed by atoms with Crippen molar-refractivity contribution in [2.24, 2.45) is 7.05 Å². The van der Waals surface area contributed by atoms with Crippen LogP contribution >= 0.6 is 11.8 Å². The van der Waals surface area contributed by atoms with Gasteiger partial charge in [0.15, 0.2) is 5.16 Å². The van der Waals surface area contributed by atoms with Crippen LogP contribution in [-0.2, 0) is 13.6 Å². The largest absolute Gasteiger partial charge is 0.329 e. The Kier molecular flexibility index (Phi) is 5.05. The minimum absolute atomic E-state index is 0.951. The van der Waals surface area contributed by atoms with Gasteiger partial charge in [0.1, 0.15) is 0 Å². The molecule has 4 heteroatoms. The molecular formula is C15H21N3S. The average molecular weight is 275 g/mol. The first-order chi connectivity index (χ1) is 9.20. The lowest BCUT2D eigenvalue weighted by molar-refractivity contribution is 0.673. The Hall–Kier alpha value is -1.26. The normalized spacial score (nSPS) is 10.9. The third-order valence-electron chi connectivity index (χ3n) is 3.04. The molecule has 0 aliphatic heterocycles. The minimum atomic E-state index is 0.951. The van der Waals surface area contributed by atoms with Crippen molar-refractivity contribution in [3.05, 3.63) is 41.7 Å². The summed E-state index contributed by atoms with van der Waals surface area (Å²) in [6.45, 7) is 6.38. The quantitative estimate of drug-likeness (QED) is 0.820. The second-order valence-electron chi connectivity index (χ2n) is 4.69. The van der Waals surface area contributed by atoms with Gasteiger partial charge in [-0.15, -0.1) is 0 Å². The maximum Gasteiger partial charge on any atom is 0.172 e. The number of aromatic nitrogens is 2. The van der Waals surface area contributed by atoms with E-state index in [2.05, 4.69) is 42.3 Å². The molecule has 0 unspecified atom stereocenters. The Labute approximate surface area is 119 Å². The van der Waals surface area contributed by atoms with Crippen molar-refractivity contribution in [2.45, 2.75) is 36.9 Å². The molecule has 19 heavy (non-hydrogen) atoms. The predicted molar refractivity (Wildman–Crippen MR) is 80.5 cm³/mol. The van der Waals surface area contributed by atoms with Gasteiger partial charge in [-0.2, -0.15) is 0 Å². The van der Waals surface area contributed by atoms with Crippen LogP contribution in [0.2, 0.25) is 0 Å². The summed E-state index contributed by atoms with van der Waals surface area (Å²) in [7, 11) is 2.02. The Morgan fingerprint density at radius 3 is 2.84 bits per heavy atom. The second-order valence-corrected chi connectivity index (χ2v) is 5.73. The van der Waals surface area contributed by atoms with Gasteiger partial charge in [0.25, 0.3) is 0 Å². The zero-order valence-corrected chi connectivity index (χ0v) is 12.6. The number of hydrogen-bond donors (Lipinski definition) is 1. The monoisotopic (exact) mass is 275 g/mol. The summed E-state index contributed by atoms with van der Waals surface area (Å²) < 4.78 is 2.04. The van der Waals surface area contributed by atoms with E-state index >= 15 is 0 Å². The maximum atomic E-state index is 4.34. The van der Waals surface area contributed by atoms with Gasteiger partial charge < -0.3 is 9.88 Å². The van der Waals surface area contributed by atoms with Gasteiger partial charge in [-0.3, -0.25) is 0 Å². The van der Waals surface area contributed by atoms with Crippen LogP contribution in [0.4, 0.5) is 0 Å². The highest BCUT2D eigenvalue weighted by atomic mass is 32.2. The van der Waals surface area contributed by atoms with Crippen LogP contribution in [0.15, 0.2) is 40.6 Å². The first-order valence-corrected chi connectivity index (χ1v) is 7.47. The lowest BCUT2D eigenvalue weighted by Crippen LogP contribution is -2.14. The van der Waals surface area contributed by atoms with Gasteiger partial charge >= 0.3 is 0 Å². The molecule has 0 saturated heterocycles. The van der Waals surface area contributed by atoms with Crippen LogP contribution in [-0.4, -0.2) is 16.1 Å². The van der Waals surface area contributed by atoms with Crippen molar-refractivity contribution >= 4 is 11.8 Å². The third kappa shape index (κ3) is 3.85. The van der Waals surface area contributed by atoms with E-state index in [1.165, 1.54) is 22.4 Å². The van der Waals surface area contributed by atoms with E-state index in [0.29, 0.717) is 0 Å². The van der Waals surface area contributed by atoms with Crippen LogP contribution < -0.4 is 5.32 Å². The number of imidazole rings is 1. The number of aryl methyl sites for hydroxylation is 2. The summed E-state index contributed by atoms with van der Waals surface area (Å²) in [5, 5.41) is 4.47. The van der Waals surface area contributed by atoms with Crippen LogP contribution in [0.5, 0.6) is 0 Å². The van der Waals surface area contributed by atoms with Gasteiger partial charge in [0, 0.05) is 30.9 Å². The second kappa shape index (κ2) is 6.78. The van der Waals surface area contributed by atoms with E-state index in [9.17, 15) is 0 Å². The van der Waals surface area contributed by atoms with Crippen LogP contribution in [0, 0.1) is 6.92 Å². The van der Waals surface area contributed by atoms with Gasteiger partial charge in [-0.1, -0.05) is 24.8 Å². The third-order valence-corrected chi connectivity index (χ3v) is 4.11. The fourth-order valence-electron chi connectivity index (χ4n) is 1.89. The summed E-state index contributed by atoms with van der Waals surface area (Å²) >= 11 is 1.70. The van der Waals surface area contributed by atoms with E-state index in [4.69, 9.17) is 0 Å². The Morgan fingerprint density at radius 2 is 2.21 bits per heavy atom. The van der Waals surface area contributed by atoms with Crippen molar-refractivity contribution < 1.29 is 0 Å². The van der Waals surface area contributed by atoms with Crippen molar-refractivity contribution in [3.8, 4) is 0 Å². The van der Waals surface area contributed by atoms with E-state index < -0.39 is 0 Å². The molecule has 0 bridgehead atoms. The number of nitrogens with zero attached hydrogens (tertiary/aromatic N) is 2. The standard InChI is InChI=1S/C15H21N3S/c1-4-7-16-11-13-5-6-14(10-12(13)2)19-15-17-8-9-18(15)3/h5-6,8-10,16H,4,7,11H2,1-3H3. The van der Waals surface area contributed by atoms with E-state index in [-0.39, 0.29) is 0 Å². The van der Waals surface area contributed by atoms with Crippen LogP contribution in [0.25, 0.3) is 0 Å². The SMILES string of the molecule is CCCNCc1ccc(Sc2nccn2C)cc1C. The fraction of sp³-hybridized carbons (Fsp3) is 0.400. The molecular weight excluding hydrogens is 254 g/mol. The van der Waals surface area contributed by atoms with Gasteiger partial charge in [-0.25, -0.2) is 4.98 Å². The van der Waals surface area contributed by atoms with Crippen LogP contribution in [0.3, 0.4) is 0 Å². The molecule has 1 aromatic heterocycles. The van der Waals surface area contributed by atoms with Crippen molar-refractivity contribution in [3.63, 3.8) is 0 Å². The number of nitrogens with one attached hydrogen (secondary N) is 1. The first kappa shape index (κ1) is 14.2. The molecule has 0 amide bonds. The molecule has 1 aromatic carbocycles. The molecule has 0 radical (unpaired) electrons. The minimum Gasteiger partial charge on any atom is -0.329 e. The van der Waals surface area contributed by atoms with Gasteiger partial charge in [0.2, 0.25) is 0 Å². The lowest BCUT2D eigenvalue weighted by atomic mass is 10.1. The summed E-state index contributed by atoms with van der Waals surface area (Å²) in [5.41, 5.74) is 2.71. The average Bonchev–Trinajstić information content (AvgIpc) is 2.78. The Balaban J connectivity index is 2.04. The Morgan fingerprint density at radius 1 is 1.37 bits per heavy atom. The molecule has 0 atom stereocenters. The highest BCUT2D eigenvalue weighted by molar-refractivity contribution is 7.99. The first-order valence-electron chi connectivity index (χ1n) is 6.66. The zero-order valence-electron chi connectivity index (χ0n) is 11.8. The number of benzene rings is 1. The smallest absolute Gasteiger partial charge is 0.172 e. The van der Waals surface area contributed by atoms with E-state index in [0.717, 1.165) is 18.2 Å².